The fourth-order valence-corrected chi connectivity index (χ4v) is 2.81. The van der Waals surface area contributed by atoms with Gasteiger partial charge in [-0.15, -0.1) is 0 Å². The number of rotatable bonds is 9. The number of para-hydroxylation sites is 1. The molecule has 3 rings (SSSR count). The molecule has 27 heavy (non-hydrogen) atoms. The Balaban J connectivity index is 1.60. The number of anilines is 1. The molecule has 0 spiro atoms. The molecule has 0 bridgehead atoms. The van der Waals surface area contributed by atoms with Crippen molar-refractivity contribution >= 4 is 5.69 Å². The number of hydrogen-bond donors (Lipinski definition) is 2. The van der Waals surface area contributed by atoms with E-state index in [0.29, 0.717) is 13.2 Å². The molecule has 0 radical (unpaired) electrons. The van der Waals surface area contributed by atoms with Gasteiger partial charge in [-0.05, 0) is 53.9 Å². The van der Waals surface area contributed by atoms with E-state index in [9.17, 15) is 0 Å². The average Bonchev–Trinajstić information content (AvgIpc) is 2.73. The smallest absolute Gasteiger partial charge is 0.125 e. The fourth-order valence-electron chi connectivity index (χ4n) is 2.81. The van der Waals surface area contributed by atoms with Crippen LogP contribution < -0.4 is 20.3 Å². The highest BCUT2D eigenvalue weighted by molar-refractivity contribution is 5.42. The molecule has 0 aliphatic rings. The van der Waals surface area contributed by atoms with Gasteiger partial charge < -0.3 is 14.9 Å². The third-order valence-corrected chi connectivity index (χ3v) is 4.37. The zero-order valence-corrected chi connectivity index (χ0v) is 15.9. The zero-order valence-electron chi connectivity index (χ0n) is 15.9. The lowest BCUT2D eigenvalue weighted by atomic mass is 10.1. The predicted octanol–water partition coefficient (Wildman–Crippen LogP) is 4.95. The van der Waals surface area contributed by atoms with E-state index in [2.05, 4.69) is 42.0 Å². The summed E-state index contributed by atoms with van der Waals surface area (Å²) in [5, 5.41) is 0. The van der Waals surface area contributed by atoms with Gasteiger partial charge >= 0.3 is 0 Å². The molecule has 0 heterocycles. The van der Waals surface area contributed by atoms with Gasteiger partial charge in [0.2, 0.25) is 0 Å². The molecule has 0 aromatic heterocycles. The molecule has 0 fully saturated rings. The lowest BCUT2D eigenvalue weighted by molar-refractivity contribution is 0.296. The summed E-state index contributed by atoms with van der Waals surface area (Å²) in [6.45, 7) is 3.30. The first-order valence-electron chi connectivity index (χ1n) is 9.20. The monoisotopic (exact) mass is 362 g/mol. The van der Waals surface area contributed by atoms with Crippen molar-refractivity contribution in [3.63, 3.8) is 0 Å². The molecule has 140 valence electrons. The van der Waals surface area contributed by atoms with E-state index in [1.807, 2.05) is 48.5 Å². The average molecular weight is 362 g/mol. The molecule has 2 N–H and O–H groups in total. The molecule has 3 aromatic carbocycles. The highest BCUT2D eigenvalue weighted by atomic mass is 16.5. The minimum absolute atomic E-state index is 0.467. The van der Waals surface area contributed by atoms with E-state index in [4.69, 9.17) is 9.47 Å². The Bertz CT molecular complexity index is 833. The van der Waals surface area contributed by atoms with Crippen LogP contribution in [0.3, 0.4) is 0 Å². The van der Waals surface area contributed by atoms with Crippen molar-refractivity contribution in [2.24, 2.45) is 0 Å². The summed E-state index contributed by atoms with van der Waals surface area (Å²) < 4.78 is 11.4. The van der Waals surface area contributed by atoms with Gasteiger partial charge in [0.05, 0.1) is 7.11 Å². The molecule has 0 atom stereocenters. The Kier molecular flexibility index (Phi) is 6.72. The minimum Gasteiger partial charge on any atom is -0.496 e. The zero-order chi connectivity index (χ0) is 18.9. The molecule has 0 saturated carbocycles. The highest BCUT2D eigenvalue weighted by Crippen LogP contribution is 2.22. The number of aryl methyl sites for hydroxylation is 1. The molecule has 0 saturated heterocycles. The highest BCUT2D eigenvalue weighted by Gasteiger charge is 2.06. The Morgan fingerprint density at radius 1 is 0.852 bits per heavy atom. The molecule has 4 heteroatoms. The van der Waals surface area contributed by atoms with Crippen LogP contribution in [0.15, 0.2) is 72.8 Å². The van der Waals surface area contributed by atoms with Gasteiger partial charge in [-0.25, -0.2) is 5.43 Å². The van der Waals surface area contributed by atoms with Gasteiger partial charge in [0.1, 0.15) is 18.1 Å². The third kappa shape index (κ3) is 5.50. The summed E-state index contributed by atoms with van der Waals surface area (Å²) >= 11 is 0. The van der Waals surface area contributed by atoms with Gasteiger partial charge in [-0.1, -0.05) is 43.3 Å². The first kappa shape index (κ1) is 18.8. The summed E-state index contributed by atoms with van der Waals surface area (Å²) in [6.07, 6.45) is 1.03. The summed E-state index contributed by atoms with van der Waals surface area (Å²) in [6, 6.07) is 24.4. The molecule has 0 unspecified atom stereocenters. The maximum Gasteiger partial charge on any atom is 0.125 e. The first-order chi connectivity index (χ1) is 13.3. The normalized spacial score (nSPS) is 10.4. The van der Waals surface area contributed by atoms with Gasteiger partial charge in [0.25, 0.3) is 0 Å². The largest absolute Gasteiger partial charge is 0.496 e. The van der Waals surface area contributed by atoms with Crippen molar-refractivity contribution in [1.29, 1.82) is 0 Å². The maximum absolute atomic E-state index is 5.95. The topological polar surface area (TPSA) is 42.5 Å². The molecule has 3 aromatic rings. The van der Waals surface area contributed by atoms with Gasteiger partial charge in [0, 0.05) is 17.8 Å². The second-order valence-electron chi connectivity index (χ2n) is 6.28. The van der Waals surface area contributed by atoms with E-state index in [0.717, 1.165) is 34.7 Å². The van der Waals surface area contributed by atoms with Crippen molar-refractivity contribution < 1.29 is 9.47 Å². The Morgan fingerprint density at radius 2 is 1.59 bits per heavy atom. The minimum atomic E-state index is 0.467. The number of ether oxygens (including phenoxy) is 2. The van der Waals surface area contributed by atoms with Crippen molar-refractivity contribution in [2.75, 3.05) is 12.5 Å². The van der Waals surface area contributed by atoms with Crippen LogP contribution in [0.2, 0.25) is 0 Å². The van der Waals surface area contributed by atoms with E-state index in [-0.39, 0.29) is 0 Å². The van der Waals surface area contributed by atoms with Crippen molar-refractivity contribution in [3.05, 3.63) is 89.5 Å². The van der Waals surface area contributed by atoms with Crippen molar-refractivity contribution in [3.8, 4) is 11.5 Å². The molecule has 0 amide bonds. The number of hydrazine groups is 1. The fraction of sp³-hybridized carbons (Fsp3) is 0.217. The predicted molar refractivity (Wildman–Crippen MR) is 110 cm³/mol. The lowest BCUT2D eigenvalue weighted by Gasteiger charge is -2.13. The third-order valence-electron chi connectivity index (χ3n) is 4.37. The maximum atomic E-state index is 5.95. The van der Waals surface area contributed by atoms with E-state index < -0.39 is 0 Å². The Hall–Kier alpha value is -2.98. The number of methoxy groups -OCH3 is 1. The van der Waals surface area contributed by atoms with E-state index in [1.165, 1.54) is 5.56 Å². The van der Waals surface area contributed by atoms with Crippen LogP contribution in [-0.4, -0.2) is 7.11 Å². The van der Waals surface area contributed by atoms with Crippen LogP contribution in [0, 0.1) is 0 Å². The summed E-state index contributed by atoms with van der Waals surface area (Å²) in [4.78, 5) is 0. The summed E-state index contributed by atoms with van der Waals surface area (Å²) in [5.41, 5.74) is 10.9. The second kappa shape index (κ2) is 9.64. The lowest BCUT2D eigenvalue weighted by Crippen LogP contribution is -2.20. The quantitative estimate of drug-likeness (QED) is 0.528. The first-order valence-corrected chi connectivity index (χ1v) is 9.20. The van der Waals surface area contributed by atoms with Gasteiger partial charge in [-0.2, -0.15) is 0 Å². The van der Waals surface area contributed by atoms with Crippen LogP contribution in [0.1, 0.15) is 23.6 Å². The van der Waals surface area contributed by atoms with Crippen LogP contribution in [0.25, 0.3) is 0 Å². The Labute approximate surface area is 161 Å². The molecule has 4 nitrogen and oxygen atoms in total. The van der Waals surface area contributed by atoms with Crippen molar-refractivity contribution in [2.45, 2.75) is 26.5 Å². The second-order valence-corrected chi connectivity index (χ2v) is 6.28. The van der Waals surface area contributed by atoms with Crippen molar-refractivity contribution in [1.82, 2.24) is 5.43 Å². The van der Waals surface area contributed by atoms with Gasteiger partial charge in [-0.3, -0.25) is 0 Å². The molecule has 0 aliphatic heterocycles. The number of hydrogen-bond acceptors (Lipinski definition) is 4. The SMILES string of the molecule is CCc1ccc(OCc2cc(CNNc3ccccc3)ccc2OC)cc1. The molecule has 0 aliphatic carbocycles. The standard InChI is InChI=1S/C23H26N2O2/c1-3-18-9-12-22(13-10-18)27-17-20-15-19(11-14-23(20)26-2)16-24-25-21-7-5-4-6-8-21/h4-15,24-25H,3,16-17H2,1-2H3. The number of nitrogens with one attached hydrogen (secondary N) is 2. The van der Waals surface area contributed by atoms with Crippen LogP contribution in [0.4, 0.5) is 5.69 Å². The summed E-state index contributed by atoms with van der Waals surface area (Å²) in [5.74, 6) is 1.70. The number of benzene rings is 3. The van der Waals surface area contributed by atoms with E-state index >= 15 is 0 Å². The molecular weight excluding hydrogens is 336 g/mol. The van der Waals surface area contributed by atoms with Crippen LogP contribution >= 0.6 is 0 Å². The Morgan fingerprint density at radius 3 is 2.30 bits per heavy atom. The molecular formula is C23H26N2O2. The van der Waals surface area contributed by atoms with Crippen LogP contribution in [0.5, 0.6) is 11.5 Å². The van der Waals surface area contributed by atoms with Crippen LogP contribution in [-0.2, 0) is 19.6 Å². The van der Waals surface area contributed by atoms with E-state index in [1.54, 1.807) is 7.11 Å². The summed E-state index contributed by atoms with van der Waals surface area (Å²) in [7, 11) is 1.68. The van der Waals surface area contributed by atoms with Gasteiger partial charge in [0.15, 0.2) is 0 Å².